The van der Waals surface area contributed by atoms with Crippen LogP contribution in [0.1, 0.15) is 6.92 Å². The van der Waals surface area contributed by atoms with E-state index < -0.39 is 12.1 Å². The van der Waals surface area contributed by atoms with E-state index in [1.165, 1.54) is 0 Å². The fourth-order valence-corrected chi connectivity index (χ4v) is 0.666. The van der Waals surface area contributed by atoms with Gasteiger partial charge in [0.1, 0.15) is 6.10 Å². The van der Waals surface area contributed by atoms with Crippen LogP contribution in [-0.2, 0) is 4.74 Å². The summed E-state index contributed by atoms with van der Waals surface area (Å²) < 4.78 is 4.78. The third-order valence-corrected chi connectivity index (χ3v) is 1.48. The Morgan fingerprint density at radius 1 is 1.90 bits per heavy atom. The van der Waals surface area contributed by atoms with E-state index in [0.717, 1.165) is 0 Å². The Labute approximate surface area is 57.8 Å². The average molecular weight is 147 g/mol. The van der Waals surface area contributed by atoms with Gasteiger partial charge in [-0.15, -0.1) is 0 Å². The lowest BCUT2D eigenvalue weighted by Crippen LogP contribution is -2.37. The Hall–Kier alpha value is -0.810. The van der Waals surface area contributed by atoms with Crippen LogP contribution >= 0.6 is 0 Å². The number of carbonyl (C=O) groups is 1. The molecule has 58 valence electrons. The first kappa shape index (κ1) is 7.30. The molecular weight excluding hydrogens is 138 g/mol. The molecule has 0 aliphatic carbocycles. The number of carboxylic acid groups (broad SMARTS) is 1. The van der Waals surface area contributed by atoms with Crippen molar-refractivity contribution in [3.8, 4) is 0 Å². The van der Waals surface area contributed by atoms with E-state index in [4.69, 9.17) is 15.1 Å². The second kappa shape index (κ2) is 2.43. The number of rotatable bonds is 2. The van der Waals surface area contributed by atoms with Crippen LogP contribution in [0.25, 0.3) is 0 Å². The van der Waals surface area contributed by atoms with Gasteiger partial charge < -0.3 is 9.84 Å². The molecule has 0 aromatic rings. The highest BCUT2D eigenvalue weighted by atomic mass is 16.6. The number of amides is 1. The Morgan fingerprint density at radius 2 is 2.40 bits per heavy atom. The third kappa shape index (κ3) is 1.37. The van der Waals surface area contributed by atoms with Crippen molar-refractivity contribution in [3.63, 3.8) is 0 Å². The van der Waals surface area contributed by atoms with E-state index in [2.05, 4.69) is 0 Å². The van der Waals surface area contributed by atoms with Crippen molar-refractivity contribution >= 4 is 6.09 Å². The molecule has 1 amide bonds. The molecule has 5 heteroatoms. The summed E-state index contributed by atoms with van der Waals surface area (Å²) in [7, 11) is 0. The summed E-state index contributed by atoms with van der Waals surface area (Å²) in [6.45, 7) is 2.12. The maximum Gasteiger partial charge on any atom is 0.431 e. The van der Waals surface area contributed by atoms with E-state index in [0.29, 0.717) is 6.61 Å². The Morgan fingerprint density at radius 3 is 2.70 bits per heavy atom. The lowest BCUT2D eigenvalue weighted by atomic mass is 10.2. The number of nitrogens with zero attached hydrogens (tertiary/aromatic N) is 1. The van der Waals surface area contributed by atoms with Crippen molar-refractivity contribution in [2.45, 2.75) is 19.1 Å². The molecule has 1 fully saturated rings. The molecule has 1 aliphatic heterocycles. The predicted molar refractivity (Wildman–Crippen MR) is 30.9 cm³/mol. The number of epoxide rings is 1. The van der Waals surface area contributed by atoms with E-state index in [1.807, 2.05) is 0 Å². The molecule has 1 aliphatic rings. The van der Waals surface area contributed by atoms with Crippen molar-refractivity contribution in [1.29, 1.82) is 0 Å². The van der Waals surface area contributed by atoms with Gasteiger partial charge in [0, 0.05) is 0 Å². The summed E-state index contributed by atoms with van der Waals surface area (Å²) >= 11 is 0. The summed E-state index contributed by atoms with van der Waals surface area (Å²) in [4.78, 5) is 10.1. The zero-order chi connectivity index (χ0) is 7.72. The van der Waals surface area contributed by atoms with Crippen molar-refractivity contribution < 1.29 is 19.8 Å². The average Bonchev–Trinajstić information content (AvgIpc) is 2.65. The fourth-order valence-electron chi connectivity index (χ4n) is 0.666. The van der Waals surface area contributed by atoms with Gasteiger partial charge in [-0.1, -0.05) is 0 Å². The van der Waals surface area contributed by atoms with Crippen LogP contribution in [-0.4, -0.2) is 40.2 Å². The quantitative estimate of drug-likeness (QED) is 0.331. The maximum atomic E-state index is 10.1. The standard InChI is InChI=1S/C5H9NO4/c1-3(4-2-10-4)6(9)5(7)8/h3-4,9H,2H2,1H3,(H,7,8). The molecule has 0 bridgehead atoms. The minimum Gasteiger partial charge on any atom is -0.463 e. The highest BCUT2D eigenvalue weighted by Crippen LogP contribution is 2.17. The van der Waals surface area contributed by atoms with Gasteiger partial charge in [0.15, 0.2) is 0 Å². The summed E-state index contributed by atoms with van der Waals surface area (Å²) in [5, 5.41) is 17.3. The molecule has 0 spiro atoms. The van der Waals surface area contributed by atoms with Crippen LogP contribution in [0.4, 0.5) is 4.79 Å². The number of hydrogen-bond acceptors (Lipinski definition) is 3. The third-order valence-electron chi connectivity index (χ3n) is 1.48. The molecular formula is C5H9NO4. The van der Waals surface area contributed by atoms with Crippen LogP contribution in [0.15, 0.2) is 0 Å². The molecule has 0 saturated carbocycles. The van der Waals surface area contributed by atoms with E-state index >= 15 is 0 Å². The van der Waals surface area contributed by atoms with E-state index in [-0.39, 0.29) is 11.2 Å². The Balaban J connectivity index is 2.38. The van der Waals surface area contributed by atoms with Crippen molar-refractivity contribution in [1.82, 2.24) is 5.06 Å². The summed E-state index contributed by atoms with van der Waals surface area (Å²) in [5.74, 6) is 0. The van der Waals surface area contributed by atoms with Gasteiger partial charge in [-0.25, -0.2) is 4.79 Å². The first-order valence-corrected chi connectivity index (χ1v) is 2.95. The maximum absolute atomic E-state index is 10.1. The van der Waals surface area contributed by atoms with Crippen LogP contribution in [0.5, 0.6) is 0 Å². The van der Waals surface area contributed by atoms with Gasteiger partial charge in [-0.2, -0.15) is 5.06 Å². The SMILES string of the molecule is CC(C1CO1)N(O)C(=O)O. The second-order valence-electron chi connectivity index (χ2n) is 2.24. The topological polar surface area (TPSA) is 73.3 Å². The van der Waals surface area contributed by atoms with Gasteiger partial charge >= 0.3 is 6.09 Å². The fraction of sp³-hybridized carbons (Fsp3) is 0.800. The molecule has 5 nitrogen and oxygen atoms in total. The molecule has 1 saturated heterocycles. The molecule has 2 N–H and O–H groups in total. The van der Waals surface area contributed by atoms with Crippen LogP contribution in [0.2, 0.25) is 0 Å². The van der Waals surface area contributed by atoms with E-state index in [9.17, 15) is 4.79 Å². The normalized spacial score (nSPS) is 25.6. The molecule has 1 rings (SSSR count). The van der Waals surface area contributed by atoms with Crippen molar-refractivity contribution in [2.75, 3.05) is 6.61 Å². The second-order valence-corrected chi connectivity index (χ2v) is 2.24. The van der Waals surface area contributed by atoms with Gasteiger partial charge in [0.25, 0.3) is 0 Å². The number of ether oxygens (including phenoxy) is 1. The molecule has 0 radical (unpaired) electrons. The van der Waals surface area contributed by atoms with Crippen molar-refractivity contribution in [3.05, 3.63) is 0 Å². The smallest absolute Gasteiger partial charge is 0.431 e. The van der Waals surface area contributed by atoms with Gasteiger partial charge in [0.05, 0.1) is 12.6 Å². The minimum atomic E-state index is -1.34. The molecule has 0 aromatic heterocycles. The van der Waals surface area contributed by atoms with Gasteiger partial charge in [-0.05, 0) is 6.92 Å². The van der Waals surface area contributed by atoms with Gasteiger partial charge in [-0.3, -0.25) is 5.21 Å². The van der Waals surface area contributed by atoms with Crippen LogP contribution in [0, 0.1) is 0 Å². The van der Waals surface area contributed by atoms with Crippen LogP contribution < -0.4 is 0 Å². The first-order chi connectivity index (χ1) is 4.63. The van der Waals surface area contributed by atoms with Crippen molar-refractivity contribution in [2.24, 2.45) is 0 Å². The summed E-state index contributed by atoms with van der Waals surface area (Å²) in [6.07, 6.45) is -1.47. The van der Waals surface area contributed by atoms with Crippen LogP contribution in [0.3, 0.4) is 0 Å². The molecule has 0 aromatic carbocycles. The van der Waals surface area contributed by atoms with Gasteiger partial charge in [0.2, 0.25) is 0 Å². The lowest BCUT2D eigenvalue weighted by molar-refractivity contribution is -0.0967. The Bertz CT molecular complexity index is 145. The predicted octanol–water partition coefficient (Wildman–Crippen LogP) is 0.143. The molecule has 2 atom stereocenters. The summed E-state index contributed by atoms with van der Waals surface area (Å²) in [5.41, 5.74) is 0. The molecule has 1 heterocycles. The highest BCUT2D eigenvalue weighted by Gasteiger charge is 2.35. The lowest BCUT2D eigenvalue weighted by Gasteiger charge is -2.16. The molecule has 2 unspecified atom stereocenters. The zero-order valence-corrected chi connectivity index (χ0v) is 5.52. The number of hydrogen-bond donors (Lipinski definition) is 2. The van der Waals surface area contributed by atoms with E-state index in [1.54, 1.807) is 6.92 Å². The summed E-state index contributed by atoms with van der Waals surface area (Å²) in [6, 6.07) is -0.461. The number of hydroxylamine groups is 2. The minimum absolute atomic E-state index is 0.124. The molecule has 10 heavy (non-hydrogen) atoms. The highest BCUT2D eigenvalue weighted by molar-refractivity contribution is 5.63. The first-order valence-electron chi connectivity index (χ1n) is 2.95. The monoisotopic (exact) mass is 147 g/mol. The largest absolute Gasteiger partial charge is 0.463 e. The Kier molecular flexibility index (Phi) is 1.78. The zero-order valence-electron chi connectivity index (χ0n) is 5.52.